The van der Waals surface area contributed by atoms with Gasteiger partial charge < -0.3 is 9.47 Å². The van der Waals surface area contributed by atoms with Crippen LogP contribution in [0.5, 0.6) is 11.5 Å². The molecule has 1 aromatic heterocycles. The number of halogens is 1. The van der Waals surface area contributed by atoms with Crippen molar-refractivity contribution < 1.29 is 14.3 Å². The van der Waals surface area contributed by atoms with Gasteiger partial charge in [0.15, 0.2) is 16.6 Å². The smallest absolute Gasteiger partial charge is 0.257 e. The average Bonchev–Trinajstić information content (AvgIpc) is 3.21. The van der Waals surface area contributed by atoms with Crippen LogP contribution in [0.15, 0.2) is 46.9 Å². The molecule has 1 N–H and O–H groups in total. The molecular formula is C18H13BrN2O3S. The van der Waals surface area contributed by atoms with Crippen molar-refractivity contribution in [2.75, 3.05) is 12.1 Å². The van der Waals surface area contributed by atoms with Crippen LogP contribution in [0.3, 0.4) is 0 Å². The highest BCUT2D eigenvalue weighted by Gasteiger charge is 2.18. The largest absolute Gasteiger partial charge is 0.454 e. The number of rotatable bonds is 3. The number of aryl methyl sites for hydroxylation is 1. The number of thiazole rings is 1. The number of hydrogen-bond donors (Lipinski definition) is 1. The minimum atomic E-state index is -0.227. The topological polar surface area (TPSA) is 60.5 Å². The lowest BCUT2D eigenvalue weighted by Gasteiger charge is -2.03. The molecule has 0 spiro atoms. The predicted molar refractivity (Wildman–Crippen MR) is 101 cm³/mol. The van der Waals surface area contributed by atoms with Crippen LogP contribution in [0.2, 0.25) is 0 Å². The molecule has 0 fully saturated rings. The molecule has 0 bridgehead atoms. The van der Waals surface area contributed by atoms with E-state index < -0.39 is 0 Å². The number of carbonyl (C=O) groups is 1. The van der Waals surface area contributed by atoms with Gasteiger partial charge in [-0.2, -0.15) is 0 Å². The van der Waals surface area contributed by atoms with Crippen molar-refractivity contribution in [1.29, 1.82) is 0 Å². The molecule has 1 amide bonds. The minimum Gasteiger partial charge on any atom is -0.454 e. The van der Waals surface area contributed by atoms with Gasteiger partial charge in [0.25, 0.3) is 5.91 Å². The van der Waals surface area contributed by atoms with Gasteiger partial charge >= 0.3 is 0 Å². The minimum absolute atomic E-state index is 0.183. The number of nitrogens with zero attached hydrogens (tertiary/aromatic N) is 1. The molecule has 126 valence electrons. The Bertz CT molecular complexity index is 953. The van der Waals surface area contributed by atoms with E-state index in [2.05, 4.69) is 26.2 Å². The van der Waals surface area contributed by atoms with E-state index in [1.54, 1.807) is 18.2 Å². The quantitative estimate of drug-likeness (QED) is 0.661. The molecule has 0 aliphatic carbocycles. The van der Waals surface area contributed by atoms with E-state index in [9.17, 15) is 4.79 Å². The van der Waals surface area contributed by atoms with Crippen LogP contribution >= 0.6 is 27.3 Å². The van der Waals surface area contributed by atoms with Crippen molar-refractivity contribution in [1.82, 2.24) is 4.98 Å². The fraction of sp³-hybridized carbons (Fsp3) is 0.111. The van der Waals surface area contributed by atoms with Crippen LogP contribution in [0.4, 0.5) is 5.13 Å². The van der Waals surface area contributed by atoms with Gasteiger partial charge in [-0.15, -0.1) is 11.3 Å². The van der Waals surface area contributed by atoms with Crippen LogP contribution in [-0.2, 0) is 0 Å². The lowest BCUT2D eigenvalue weighted by molar-refractivity contribution is 0.102. The number of amides is 1. The zero-order valence-corrected chi connectivity index (χ0v) is 15.6. The van der Waals surface area contributed by atoms with Gasteiger partial charge in [-0.25, -0.2) is 4.98 Å². The van der Waals surface area contributed by atoms with E-state index in [0.717, 1.165) is 20.6 Å². The molecule has 1 aliphatic heterocycles. The summed E-state index contributed by atoms with van der Waals surface area (Å²) in [5, 5.41) is 3.42. The van der Waals surface area contributed by atoms with E-state index in [4.69, 9.17) is 9.47 Å². The van der Waals surface area contributed by atoms with E-state index in [-0.39, 0.29) is 12.7 Å². The Labute approximate surface area is 156 Å². The fourth-order valence-corrected chi connectivity index (χ4v) is 3.63. The summed E-state index contributed by atoms with van der Waals surface area (Å²) in [5.74, 6) is 1.01. The number of fused-ring (bicyclic) bond motifs is 1. The standard InChI is InChI=1S/C18H13BrN2O3S/c1-10-16(11-2-5-13(19)6-3-11)20-18(25-10)21-17(22)12-4-7-14-15(8-12)24-9-23-14/h2-8H,9H2,1H3,(H,20,21,22). The number of anilines is 1. The van der Waals surface area contributed by atoms with Crippen molar-refractivity contribution in [3.63, 3.8) is 0 Å². The molecule has 0 saturated heterocycles. The lowest BCUT2D eigenvalue weighted by atomic mass is 10.1. The summed E-state index contributed by atoms with van der Waals surface area (Å²) < 4.78 is 11.6. The number of nitrogens with one attached hydrogen (secondary N) is 1. The highest BCUT2D eigenvalue weighted by molar-refractivity contribution is 9.10. The third kappa shape index (κ3) is 3.25. The second-order valence-electron chi connectivity index (χ2n) is 5.45. The second kappa shape index (κ2) is 6.50. The van der Waals surface area contributed by atoms with Crippen molar-refractivity contribution in [3.05, 3.63) is 57.4 Å². The first-order valence-corrected chi connectivity index (χ1v) is 9.15. The Morgan fingerprint density at radius 2 is 1.92 bits per heavy atom. The Morgan fingerprint density at radius 3 is 2.72 bits per heavy atom. The SMILES string of the molecule is Cc1sc(NC(=O)c2ccc3c(c2)OCO3)nc1-c1ccc(Br)cc1. The molecule has 0 unspecified atom stereocenters. The number of aromatic nitrogens is 1. The molecule has 7 heteroatoms. The maximum atomic E-state index is 12.5. The predicted octanol–water partition coefficient (Wildman–Crippen LogP) is 4.86. The van der Waals surface area contributed by atoms with Crippen LogP contribution in [0.25, 0.3) is 11.3 Å². The summed E-state index contributed by atoms with van der Waals surface area (Å²) in [6.45, 7) is 2.17. The van der Waals surface area contributed by atoms with Gasteiger partial charge in [-0.3, -0.25) is 10.1 Å². The summed E-state index contributed by atoms with van der Waals surface area (Å²) >= 11 is 4.88. The van der Waals surface area contributed by atoms with Crippen LogP contribution in [-0.4, -0.2) is 17.7 Å². The van der Waals surface area contributed by atoms with Crippen LogP contribution < -0.4 is 14.8 Å². The van der Waals surface area contributed by atoms with Crippen molar-refractivity contribution >= 4 is 38.3 Å². The normalized spacial score (nSPS) is 12.2. The van der Waals surface area contributed by atoms with Crippen molar-refractivity contribution in [2.24, 2.45) is 0 Å². The molecular weight excluding hydrogens is 404 g/mol. The van der Waals surface area contributed by atoms with E-state index in [1.165, 1.54) is 11.3 Å². The molecule has 25 heavy (non-hydrogen) atoms. The fourth-order valence-electron chi connectivity index (χ4n) is 2.53. The Hall–Kier alpha value is -2.38. The zero-order chi connectivity index (χ0) is 17.4. The molecule has 3 aromatic rings. The molecule has 2 aromatic carbocycles. The third-order valence-electron chi connectivity index (χ3n) is 3.77. The summed E-state index contributed by atoms with van der Waals surface area (Å²) in [7, 11) is 0. The van der Waals surface area contributed by atoms with Crippen molar-refractivity contribution in [3.8, 4) is 22.8 Å². The number of carbonyl (C=O) groups excluding carboxylic acids is 1. The maximum absolute atomic E-state index is 12.5. The van der Waals surface area contributed by atoms with E-state index >= 15 is 0 Å². The van der Waals surface area contributed by atoms with Gasteiger partial charge in [0, 0.05) is 20.5 Å². The summed E-state index contributed by atoms with van der Waals surface area (Å²) in [6, 6.07) is 13.0. The highest BCUT2D eigenvalue weighted by Crippen LogP contribution is 2.34. The zero-order valence-electron chi connectivity index (χ0n) is 13.2. The molecule has 0 radical (unpaired) electrons. The van der Waals surface area contributed by atoms with Gasteiger partial charge in [-0.05, 0) is 37.3 Å². The second-order valence-corrected chi connectivity index (χ2v) is 7.57. The van der Waals surface area contributed by atoms with E-state index in [0.29, 0.717) is 22.2 Å². The molecule has 2 heterocycles. The Kier molecular flexibility index (Phi) is 4.19. The molecule has 4 rings (SSSR count). The highest BCUT2D eigenvalue weighted by atomic mass is 79.9. The molecule has 0 atom stereocenters. The Morgan fingerprint density at radius 1 is 1.16 bits per heavy atom. The summed E-state index contributed by atoms with van der Waals surface area (Å²) in [5.41, 5.74) is 2.39. The number of ether oxygens (including phenoxy) is 2. The van der Waals surface area contributed by atoms with Crippen molar-refractivity contribution in [2.45, 2.75) is 6.92 Å². The van der Waals surface area contributed by atoms with Gasteiger partial charge in [0.05, 0.1) is 5.69 Å². The first-order chi connectivity index (χ1) is 12.1. The molecule has 0 saturated carbocycles. The summed E-state index contributed by atoms with van der Waals surface area (Å²) in [6.07, 6.45) is 0. The number of benzene rings is 2. The van der Waals surface area contributed by atoms with Gasteiger partial charge in [0.1, 0.15) is 0 Å². The average molecular weight is 417 g/mol. The monoisotopic (exact) mass is 416 g/mol. The first-order valence-electron chi connectivity index (χ1n) is 7.54. The Balaban J connectivity index is 1.56. The van der Waals surface area contributed by atoms with E-state index in [1.807, 2.05) is 31.2 Å². The van der Waals surface area contributed by atoms with Gasteiger partial charge in [0.2, 0.25) is 6.79 Å². The molecule has 5 nitrogen and oxygen atoms in total. The van der Waals surface area contributed by atoms with Gasteiger partial charge in [-0.1, -0.05) is 28.1 Å². The van der Waals surface area contributed by atoms with Crippen LogP contribution in [0, 0.1) is 6.92 Å². The maximum Gasteiger partial charge on any atom is 0.257 e. The lowest BCUT2D eigenvalue weighted by Crippen LogP contribution is -2.11. The number of hydrogen-bond acceptors (Lipinski definition) is 5. The molecule has 1 aliphatic rings. The third-order valence-corrected chi connectivity index (χ3v) is 5.18. The first kappa shape index (κ1) is 16.1. The van der Waals surface area contributed by atoms with Crippen LogP contribution in [0.1, 0.15) is 15.2 Å². The summed E-state index contributed by atoms with van der Waals surface area (Å²) in [4.78, 5) is 18.1.